The van der Waals surface area contributed by atoms with Crippen molar-refractivity contribution in [2.24, 2.45) is 0 Å². The maximum Gasteiger partial charge on any atom is 0.307 e. The standard InChI is InChI=1S/C16H15N3O4/c1-10(20)18-14-9-12(6-7-17-14)16(23)19-13-4-2-11(3-5-13)8-15(21)22/h2-7,9H,8H2,1H3,(H,19,23)(H,21,22)(H,17,18,20). The molecule has 1 aromatic heterocycles. The molecule has 0 saturated carbocycles. The predicted molar refractivity (Wildman–Crippen MR) is 84.3 cm³/mol. The second-order valence-electron chi connectivity index (χ2n) is 4.83. The van der Waals surface area contributed by atoms with Gasteiger partial charge in [-0.3, -0.25) is 14.4 Å². The zero-order valence-corrected chi connectivity index (χ0v) is 12.4. The SMILES string of the molecule is CC(=O)Nc1cc(C(=O)Nc2ccc(CC(=O)O)cc2)ccn1. The Morgan fingerprint density at radius 1 is 1.09 bits per heavy atom. The lowest BCUT2D eigenvalue weighted by Gasteiger charge is -2.07. The van der Waals surface area contributed by atoms with Crippen LogP contribution in [0.15, 0.2) is 42.6 Å². The van der Waals surface area contributed by atoms with Crippen LogP contribution in [-0.4, -0.2) is 27.9 Å². The minimum atomic E-state index is -0.913. The molecule has 1 aromatic carbocycles. The van der Waals surface area contributed by atoms with Gasteiger partial charge >= 0.3 is 5.97 Å². The van der Waals surface area contributed by atoms with E-state index in [1.165, 1.54) is 25.3 Å². The minimum absolute atomic E-state index is 0.0708. The van der Waals surface area contributed by atoms with Crippen LogP contribution in [0.5, 0.6) is 0 Å². The summed E-state index contributed by atoms with van der Waals surface area (Å²) in [6.07, 6.45) is 1.36. The van der Waals surface area contributed by atoms with Crippen LogP contribution in [0.2, 0.25) is 0 Å². The number of aromatic nitrogens is 1. The summed E-state index contributed by atoms with van der Waals surface area (Å²) in [6, 6.07) is 9.53. The van der Waals surface area contributed by atoms with Crippen molar-refractivity contribution in [3.05, 3.63) is 53.7 Å². The summed E-state index contributed by atoms with van der Waals surface area (Å²) in [6.45, 7) is 1.35. The zero-order chi connectivity index (χ0) is 16.8. The monoisotopic (exact) mass is 313 g/mol. The van der Waals surface area contributed by atoms with E-state index in [2.05, 4.69) is 15.6 Å². The minimum Gasteiger partial charge on any atom is -0.481 e. The third-order valence-corrected chi connectivity index (χ3v) is 2.89. The number of carbonyl (C=O) groups excluding carboxylic acids is 2. The molecule has 3 N–H and O–H groups in total. The number of anilines is 2. The van der Waals surface area contributed by atoms with E-state index in [0.717, 1.165) is 0 Å². The number of rotatable bonds is 5. The van der Waals surface area contributed by atoms with Gasteiger partial charge in [0, 0.05) is 24.4 Å². The van der Waals surface area contributed by atoms with Crippen LogP contribution in [0.4, 0.5) is 11.5 Å². The van der Waals surface area contributed by atoms with Crippen LogP contribution in [0.25, 0.3) is 0 Å². The first-order valence-corrected chi connectivity index (χ1v) is 6.80. The lowest BCUT2D eigenvalue weighted by atomic mass is 10.1. The molecular formula is C16H15N3O4. The van der Waals surface area contributed by atoms with E-state index < -0.39 is 5.97 Å². The number of benzene rings is 1. The molecule has 1 heterocycles. The van der Waals surface area contributed by atoms with E-state index in [0.29, 0.717) is 22.6 Å². The van der Waals surface area contributed by atoms with Gasteiger partial charge in [0.25, 0.3) is 5.91 Å². The molecule has 0 spiro atoms. The molecule has 2 rings (SSSR count). The van der Waals surface area contributed by atoms with Crippen molar-refractivity contribution in [1.29, 1.82) is 0 Å². The number of carboxylic acid groups (broad SMARTS) is 1. The predicted octanol–water partition coefficient (Wildman–Crippen LogP) is 1.92. The van der Waals surface area contributed by atoms with Crippen molar-refractivity contribution in [2.75, 3.05) is 10.6 Å². The van der Waals surface area contributed by atoms with Crippen molar-refractivity contribution in [3.8, 4) is 0 Å². The highest BCUT2D eigenvalue weighted by Gasteiger charge is 2.08. The number of nitrogens with one attached hydrogen (secondary N) is 2. The fraction of sp³-hybridized carbons (Fsp3) is 0.125. The van der Waals surface area contributed by atoms with Gasteiger partial charge < -0.3 is 15.7 Å². The first-order chi connectivity index (χ1) is 10.9. The number of aliphatic carboxylic acids is 1. The quantitative estimate of drug-likeness (QED) is 0.781. The van der Waals surface area contributed by atoms with E-state index in [9.17, 15) is 14.4 Å². The normalized spacial score (nSPS) is 9.96. The molecule has 0 bridgehead atoms. The molecule has 0 aliphatic rings. The number of nitrogens with zero attached hydrogens (tertiary/aromatic N) is 1. The lowest BCUT2D eigenvalue weighted by molar-refractivity contribution is -0.136. The summed E-state index contributed by atoms with van der Waals surface area (Å²) in [7, 11) is 0. The Kier molecular flexibility index (Phi) is 5.03. The molecular weight excluding hydrogens is 298 g/mol. The lowest BCUT2D eigenvalue weighted by Crippen LogP contribution is -2.14. The number of hydrogen-bond donors (Lipinski definition) is 3. The highest BCUT2D eigenvalue weighted by molar-refractivity contribution is 6.05. The summed E-state index contributed by atoms with van der Waals surface area (Å²) in [4.78, 5) is 37.7. The van der Waals surface area contributed by atoms with Crippen molar-refractivity contribution >= 4 is 29.3 Å². The first-order valence-electron chi connectivity index (χ1n) is 6.80. The van der Waals surface area contributed by atoms with Gasteiger partial charge in [-0.15, -0.1) is 0 Å². The molecule has 23 heavy (non-hydrogen) atoms. The van der Waals surface area contributed by atoms with Gasteiger partial charge in [0.1, 0.15) is 5.82 Å². The molecule has 0 aliphatic carbocycles. The Balaban J connectivity index is 2.06. The van der Waals surface area contributed by atoms with Gasteiger partial charge in [-0.1, -0.05) is 12.1 Å². The molecule has 2 amide bonds. The number of pyridine rings is 1. The summed E-state index contributed by atoms with van der Waals surface area (Å²) in [5.41, 5.74) is 1.53. The van der Waals surface area contributed by atoms with Gasteiger partial charge in [-0.05, 0) is 29.8 Å². The van der Waals surface area contributed by atoms with Crippen LogP contribution in [0, 0.1) is 0 Å². The number of carboxylic acids is 1. The van der Waals surface area contributed by atoms with E-state index in [-0.39, 0.29) is 18.2 Å². The molecule has 118 valence electrons. The van der Waals surface area contributed by atoms with Crippen LogP contribution < -0.4 is 10.6 Å². The molecule has 0 unspecified atom stereocenters. The molecule has 7 heteroatoms. The highest BCUT2D eigenvalue weighted by Crippen LogP contribution is 2.13. The first kappa shape index (κ1) is 16.2. The van der Waals surface area contributed by atoms with Crippen LogP contribution in [0.3, 0.4) is 0 Å². The number of carbonyl (C=O) groups is 3. The Labute approximate surface area is 132 Å². The van der Waals surface area contributed by atoms with Crippen LogP contribution in [-0.2, 0) is 16.0 Å². The molecule has 0 fully saturated rings. The van der Waals surface area contributed by atoms with Crippen LogP contribution in [0.1, 0.15) is 22.8 Å². The summed E-state index contributed by atoms with van der Waals surface area (Å²) < 4.78 is 0. The number of amides is 2. The Hall–Kier alpha value is -3.22. The molecule has 0 saturated heterocycles. The van der Waals surface area contributed by atoms with Crippen LogP contribution >= 0.6 is 0 Å². The van der Waals surface area contributed by atoms with E-state index in [1.54, 1.807) is 24.3 Å². The Morgan fingerprint density at radius 2 is 1.78 bits per heavy atom. The Bertz CT molecular complexity index is 741. The molecule has 0 atom stereocenters. The Morgan fingerprint density at radius 3 is 2.39 bits per heavy atom. The van der Waals surface area contributed by atoms with Gasteiger partial charge in [0.05, 0.1) is 6.42 Å². The molecule has 0 aliphatic heterocycles. The van der Waals surface area contributed by atoms with E-state index in [1.807, 2.05) is 0 Å². The average Bonchev–Trinajstić information content (AvgIpc) is 2.48. The van der Waals surface area contributed by atoms with Crippen molar-refractivity contribution in [3.63, 3.8) is 0 Å². The molecule has 0 radical (unpaired) electrons. The van der Waals surface area contributed by atoms with Gasteiger partial charge in [-0.25, -0.2) is 4.98 Å². The third-order valence-electron chi connectivity index (χ3n) is 2.89. The van der Waals surface area contributed by atoms with Crippen molar-refractivity contribution < 1.29 is 19.5 Å². The largest absolute Gasteiger partial charge is 0.481 e. The summed E-state index contributed by atoms with van der Waals surface area (Å²) in [5.74, 6) is -1.25. The summed E-state index contributed by atoms with van der Waals surface area (Å²) in [5, 5.41) is 13.9. The van der Waals surface area contributed by atoms with Gasteiger partial charge in [0.15, 0.2) is 0 Å². The maximum atomic E-state index is 12.2. The van der Waals surface area contributed by atoms with Crippen molar-refractivity contribution in [2.45, 2.75) is 13.3 Å². The average molecular weight is 313 g/mol. The fourth-order valence-electron chi connectivity index (χ4n) is 1.90. The molecule has 2 aromatic rings. The van der Waals surface area contributed by atoms with E-state index >= 15 is 0 Å². The number of hydrogen-bond acceptors (Lipinski definition) is 4. The second-order valence-corrected chi connectivity index (χ2v) is 4.83. The second kappa shape index (κ2) is 7.17. The molecule has 7 nitrogen and oxygen atoms in total. The third kappa shape index (κ3) is 4.92. The zero-order valence-electron chi connectivity index (χ0n) is 12.4. The highest BCUT2D eigenvalue weighted by atomic mass is 16.4. The maximum absolute atomic E-state index is 12.2. The smallest absolute Gasteiger partial charge is 0.307 e. The van der Waals surface area contributed by atoms with Crippen molar-refractivity contribution in [1.82, 2.24) is 4.98 Å². The fourth-order valence-corrected chi connectivity index (χ4v) is 1.90. The summed E-state index contributed by atoms with van der Waals surface area (Å²) >= 11 is 0. The van der Waals surface area contributed by atoms with E-state index in [4.69, 9.17) is 5.11 Å². The van der Waals surface area contributed by atoms with Gasteiger partial charge in [0.2, 0.25) is 5.91 Å². The van der Waals surface area contributed by atoms with Gasteiger partial charge in [-0.2, -0.15) is 0 Å². The topological polar surface area (TPSA) is 108 Å².